The first-order valence-corrected chi connectivity index (χ1v) is 8.79. The number of nitrogens with two attached hydrogens (primary N) is 1. The third kappa shape index (κ3) is 3.68. The lowest BCUT2D eigenvalue weighted by atomic mass is 9.68. The van der Waals surface area contributed by atoms with Gasteiger partial charge in [0.2, 0.25) is 0 Å². The van der Waals surface area contributed by atoms with Crippen LogP contribution < -0.4 is 5.73 Å². The lowest BCUT2D eigenvalue weighted by molar-refractivity contribution is 0.163. The van der Waals surface area contributed by atoms with E-state index in [2.05, 4.69) is 30.8 Å². The molecule has 3 nitrogen and oxygen atoms in total. The smallest absolute Gasteiger partial charge is 0.0643 e. The molecule has 1 heterocycles. The molecule has 0 aromatic carbocycles. The number of hydrogen-bond donors (Lipinski definition) is 1. The fourth-order valence-electron chi connectivity index (χ4n) is 3.98. The number of aromatic nitrogens is 2. The quantitative estimate of drug-likeness (QED) is 0.905. The van der Waals surface area contributed by atoms with Crippen molar-refractivity contribution in [3.05, 3.63) is 18.0 Å². The summed E-state index contributed by atoms with van der Waals surface area (Å²) >= 11 is 0. The molecule has 0 spiro atoms. The normalized spacial score (nSPS) is 25.9. The van der Waals surface area contributed by atoms with E-state index < -0.39 is 0 Å². The second kappa shape index (κ2) is 5.75. The van der Waals surface area contributed by atoms with Gasteiger partial charge in [-0.15, -0.1) is 0 Å². The van der Waals surface area contributed by atoms with Crippen molar-refractivity contribution in [1.82, 2.24) is 9.78 Å². The first-order chi connectivity index (χ1) is 9.96. The molecule has 3 rings (SSSR count). The van der Waals surface area contributed by atoms with Gasteiger partial charge < -0.3 is 5.73 Å². The molecule has 118 valence electrons. The molecule has 0 radical (unpaired) electrons. The zero-order valence-corrected chi connectivity index (χ0v) is 13.8. The van der Waals surface area contributed by atoms with Crippen LogP contribution in [0.15, 0.2) is 12.3 Å². The fourth-order valence-corrected chi connectivity index (χ4v) is 3.98. The maximum atomic E-state index is 6.65. The van der Waals surface area contributed by atoms with Gasteiger partial charge in [-0.2, -0.15) is 5.10 Å². The number of hydrogen-bond acceptors (Lipinski definition) is 2. The van der Waals surface area contributed by atoms with Gasteiger partial charge in [0, 0.05) is 18.2 Å². The summed E-state index contributed by atoms with van der Waals surface area (Å²) in [6.45, 7) is 4.73. The average Bonchev–Trinajstić information content (AvgIpc) is 2.92. The van der Waals surface area contributed by atoms with Crippen LogP contribution in [0, 0.1) is 5.41 Å². The monoisotopic (exact) mass is 289 g/mol. The van der Waals surface area contributed by atoms with Crippen LogP contribution in [0.25, 0.3) is 0 Å². The molecule has 0 unspecified atom stereocenters. The minimum atomic E-state index is -0.0265. The standard InChI is InChI=1S/C18H31N3/c1-17(2)9-11-18(19,12-10-17)14-15-8-13-21(20-15)16-6-4-3-5-7-16/h8,13,16H,3-7,9-12,14,19H2,1-2H3. The van der Waals surface area contributed by atoms with Crippen molar-refractivity contribution in [2.24, 2.45) is 11.1 Å². The van der Waals surface area contributed by atoms with Crippen molar-refractivity contribution >= 4 is 0 Å². The zero-order chi connectivity index (χ0) is 14.9. The Morgan fingerprint density at radius 1 is 1.14 bits per heavy atom. The third-order valence-corrected chi connectivity index (χ3v) is 5.74. The summed E-state index contributed by atoms with van der Waals surface area (Å²) in [7, 11) is 0. The Bertz CT molecular complexity index is 459. The first-order valence-electron chi connectivity index (χ1n) is 8.79. The Morgan fingerprint density at radius 3 is 2.48 bits per heavy atom. The average molecular weight is 289 g/mol. The van der Waals surface area contributed by atoms with Crippen LogP contribution in [0.3, 0.4) is 0 Å². The highest BCUT2D eigenvalue weighted by molar-refractivity contribution is 5.08. The largest absolute Gasteiger partial charge is 0.325 e. The predicted octanol–water partition coefficient (Wildman–Crippen LogP) is 4.23. The molecular formula is C18H31N3. The molecule has 2 fully saturated rings. The van der Waals surface area contributed by atoms with Crippen molar-refractivity contribution in [1.29, 1.82) is 0 Å². The van der Waals surface area contributed by atoms with E-state index in [0.29, 0.717) is 11.5 Å². The van der Waals surface area contributed by atoms with Crippen molar-refractivity contribution in [2.45, 2.75) is 89.6 Å². The van der Waals surface area contributed by atoms with Gasteiger partial charge in [0.25, 0.3) is 0 Å². The van der Waals surface area contributed by atoms with Gasteiger partial charge in [0.1, 0.15) is 0 Å². The molecule has 2 aliphatic rings. The molecule has 21 heavy (non-hydrogen) atoms. The molecule has 3 heteroatoms. The van der Waals surface area contributed by atoms with Gasteiger partial charge in [0.05, 0.1) is 11.7 Å². The molecule has 0 amide bonds. The molecule has 0 bridgehead atoms. The molecule has 2 saturated carbocycles. The van der Waals surface area contributed by atoms with Crippen molar-refractivity contribution < 1.29 is 0 Å². The first kappa shape index (κ1) is 15.1. The molecule has 1 aromatic rings. The van der Waals surface area contributed by atoms with Crippen LogP contribution >= 0.6 is 0 Å². The van der Waals surface area contributed by atoms with Gasteiger partial charge in [-0.05, 0) is 50.0 Å². The zero-order valence-electron chi connectivity index (χ0n) is 13.8. The Morgan fingerprint density at radius 2 is 1.81 bits per heavy atom. The van der Waals surface area contributed by atoms with E-state index in [0.717, 1.165) is 19.3 Å². The second-order valence-electron chi connectivity index (χ2n) is 8.28. The SMILES string of the molecule is CC1(C)CCC(N)(Cc2ccn(C3CCCCC3)n2)CC1. The van der Waals surface area contributed by atoms with Gasteiger partial charge in [-0.1, -0.05) is 33.1 Å². The Hall–Kier alpha value is -0.830. The van der Waals surface area contributed by atoms with E-state index in [4.69, 9.17) is 10.8 Å². The van der Waals surface area contributed by atoms with Gasteiger partial charge in [-0.25, -0.2) is 0 Å². The van der Waals surface area contributed by atoms with Crippen LogP contribution in [-0.2, 0) is 6.42 Å². The van der Waals surface area contributed by atoms with Crippen molar-refractivity contribution in [2.75, 3.05) is 0 Å². The third-order valence-electron chi connectivity index (χ3n) is 5.74. The molecule has 1 aromatic heterocycles. The summed E-state index contributed by atoms with van der Waals surface area (Å²) in [5.74, 6) is 0. The Kier molecular flexibility index (Phi) is 4.13. The second-order valence-corrected chi connectivity index (χ2v) is 8.28. The van der Waals surface area contributed by atoms with E-state index in [1.807, 2.05) is 0 Å². The summed E-state index contributed by atoms with van der Waals surface area (Å²) in [6.07, 6.45) is 14.6. The van der Waals surface area contributed by atoms with Gasteiger partial charge >= 0.3 is 0 Å². The molecule has 0 aliphatic heterocycles. The molecule has 0 atom stereocenters. The van der Waals surface area contributed by atoms with E-state index in [1.54, 1.807) is 0 Å². The van der Waals surface area contributed by atoms with Crippen molar-refractivity contribution in [3.8, 4) is 0 Å². The lowest BCUT2D eigenvalue weighted by Gasteiger charge is -2.41. The molecule has 0 saturated heterocycles. The molecular weight excluding hydrogens is 258 g/mol. The van der Waals surface area contributed by atoms with Crippen LogP contribution in [-0.4, -0.2) is 15.3 Å². The fraction of sp³-hybridized carbons (Fsp3) is 0.833. The summed E-state index contributed by atoms with van der Waals surface area (Å²) in [4.78, 5) is 0. The maximum Gasteiger partial charge on any atom is 0.0643 e. The van der Waals surface area contributed by atoms with Crippen LogP contribution in [0.1, 0.15) is 83.4 Å². The Balaban J connectivity index is 1.61. The maximum absolute atomic E-state index is 6.65. The molecule has 2 N–H and O–H groups in total. The number of rotatable bonds is 3. The van der Waals surface area contributed by atoms with Crippen molar-refractivity contribution in [3.63, 3.8) is 0 Å². The van der Waals surface area contributed by atoms with Gasteiger partial charge in [0.15, 0.2) is 0 Å². The predicted molar refractivity (Wildman–Crippen MR) is 87.2 cm³/mol. The number of nitrogens with zero attached hydrogens (tertiary/aromatic N) is 2. The molecule has 2 aliphatic carbocycles. The Labute approximate surface area is 129 Å². The highest BCUT2D eigenvalue weighted by Gasteiger charge is 2.35. The van der Waals surface area contributed by atoms with E-state index in [-0.39, 0.29) is 5.54 Å². The summed E-state index contributed by atoms with van der Waals surface area (Å²) in [5, 5.41) is 4.85. The minimum Gasteiger partial charge on any atom is -0.325 e. The lowest BCUT2D eigenvalue weighted by Crippen LogP contribution is -2.47. The summed E-state index contributed by atoms with van der Waals surface area (Å²) in [6, 6.07) is 2.83. The van der Waals surface area contributed by atoms with Crippen LogP contribution in [0.2, 0.25) is 0 Å². The van der Waals surface area contributed by atoms with E-state index >= 15 is 0 Å². The van der Waals surface area contributed by atoms with Crippen LogP contribution in [0.4, 0.5) is 0 Å². The summed E-state index contributed by atoms with van der Waals surface area (Å²) in [5.41, 5.74) is 8.30. The topological polar surface area (TPSA) is 43.8 Å². The highest BCUT2D eigenvalue weighted by atomic mass is 15.3. The summed E-state index contributed by atoms with van der Waals surface area (Å²) < 4.78 is 2.21. The van der Waals surface area contributed by atoms with Crippen LogP contribution in [0.5, 0.6) is 0 Å². The van der Waals surface area contributed by atoms with Gasteiger partial charge in [-0.3, -0.25) is 4.68 Å². The highest BCUT2D eigenvalue weighted by Crippen LogP contribution is 2.40. The minimum absolute atomic E-state index is 0.0265. The van der Waals surface area contributed by atoms with E-state index in [9.17, 15) is 0 Å². The van der Waals surface area contributed by atoms with E-state index in [1.165, 1.54) is 50.6 Å².